The van der Waals surface area contributed by atoms with E-state index in [1.54, 1.807) is 44.5 Å². The molecule has 36 heavy (non-hydrogen) atoms. The molecule has 10 nitrogen and oxygen atoms in total. The Labute approximate surface area is 211 Å². The highest BCUT2D eigenvalue weighted by Crippen LogP contribution is 2.19. The van der Waals surface area contributed by atoms with E-state index in [1.807, 2.05) is 31.2 Å². The monoisotopic (exact) mass is 509 g/mol. The van der Waals surface area contributed by atoms with Crippen LogP contribution in [0.4, 0.5) is 22.2 Å². The third kappa shape index (κ3) is 7.69. The summed E-state index contributed by atoms with van der Waals surface area (Å²) < 4.78 is 25.6. The van der Waals surface area contributed by atoms with E-state index in [1.165, 1.54) is 0 Å². The second-order valence-corrected chi connectivity index (χ2v) is 8.67. The molecule has 1 amide bonds. The van der Waals surface area contributed by atoms with Crippen LogP contribution in [-0.4, -0.2) is 51.7 Å². The molecule has 11 heteroatoms. The molecular weight excluding hydrogens is 482 g/mol. The van der Waals surface area contributed by atoms with Gasteiger partial charge in [0.25, 0.3) is 0 Å². The molecule has 0 bridgehead atoms. The van der Waals surface area contributed by atoms with Crippen molar-refractivity contribution in [2.45, 2.75) is 24.8 Å². The standard InChI is InChI=1S/C25H27N5O5S/c1-4-35-25(32)30-36(33)22-13-9-20(10-14-22)28-24-26-15-19(23(29-24)27-17(2)16-31)8-5-18-6-11-21(34-3)12-7-18/h6-7,9-15,17,31,36H,4,16H2,1-3H3,(H2,26,27,28,29)/t17-/m1/s1. The molecule has 0 saturated heterocycles. The first-order valence-corrected chi connectivity index (χ1v) is 12.3. The summed E-state index contributed by atoms with van der Waals surface area (Å²) in [5.74, 6) is 7.64. The number of anilines is 3. The van der Waals surface area contributed by atoms with Crippen LogP contribution in [-0.2, 0) is 15.3 Å². The smallest absolute Gasteiger partial charge is 0.441 e. The molecule has 1 aromatic heterocycles. The van der Waals surface area contributed by atoms with Crippen molar-refractivity contribution in [2.75, 3.05) is 31.0 Å². The van der Waals surface area contributed by atoms with Gasteiger partial charge >= 0.3 is 6.09 Å². The number of rotatable bonds is 8. The number of aliphatic hydroxyl groups excluding tert-OH is 1. The van der Waals surface area contributed by atoms with Gasteiger partial charge in [0.2, 0.25) is 5.95 Å². The number of carbonyl (C=O) groups excluding carboxylic acids is 1. The van der Waals surface area contributed by atoms with Gasteiger partial charge in [0.05, 0.1) is 42.7 Å². The zero-order chi connectivity index (χ0) is 25.9. The van der Waals surface area contributed by atoms with Crippen molar-refractivity contribution >= 4 is 34.1 Å². The lowest BCUT2D eigenvalue weighted by Crippen LogP contribution is -2.21. The van der Waals surface area contributed by atoms with Gasteiger partial charge < -0.3 is 25.2 Å². The number of aromatic nitrogens is 2. The average Bonchev–Trinajstić information content (AvgIpc) is 2.89. The minimum absolute atomic E-state index is 0.0887. The summed E-state index contributed by atoms with van der Waals surface area (Å²) >= 11 is 0. The van der Waals surface area contributed by atoms with Crippen molar-refractivity contribution in [1.29, 1.82) is 0 Å². The molecule has 3 rings (SSSR count). The fraction of sp³-hybridized carbons (Fsp3) is 0.240. The van der Waals surface area contributed by atoms with Gasteiger partial charge in [0.15, 0.2) is 0 Å². The van der Waals surface area contributed by atoms with Crippen molar-refractivity contribution < 1.29 is 23.6 Å². The highest BCUT2D eigenvalue weighted by atomic mass is 32.2. The highest BCUT2D eigenvalue weighted by molar-refractivity contribution is 7.75. The summed E-state index contributed by atoms with van der Waals surface area (Å²) in [6.45, 7) is 3.54. The number of methoxy groups -OCH3 is 1. The molecule has 0 aliphatic rings. The molecule has 0 radical (unpaired) electrons. The molecule has 0 saturated carbocycles. The van der Waals surface area contributed by atoms with Crippen LogP contribution in [0.25, 0.3) is 0 Å². The van der Waals surface area contributed by atoms with E-state index in [0.29, 0.717) is 27.9 Å². The number of hydrogen-bond acceptors (Lipinski definition) is 9. The van der Waals surface area contributed by atoms with E-state index >= 15 is 0 Å². The first-order valence-electron chi connectivity index (χ1n) is 11.0. The van der Waals surface area contributed by atoms with E-state index < -0.39 is 16.7 Å². The molecule has 0 aliphatic carbocycles. The Morgan fingerprint density at radius 2 is 1.89 bits per heavy atom. The maximum absolute atomic E-state index is 12.2. The number of nitrogens with zero attached hydrogens (tertiary/aromatic N) is 3. The highest BCUT2D eigenvalue weighted by Gasteiger charge is 2.10. The predicted molar refractivity (Wildman–Crippen MR) is 138 cm³/mol. The summed E-state index contributed by atoms with van der Waals surface area (Å²) in [6, 6.07) is 13.6. The van der Waals surface area contributed by atoms with Gasteiger partial charge in [-0.15, -0.1) is 4.36 Å². The van der Waals surface area contributed by atoms with Gasteiger partial charge in [0.1, 0.15) is 11.6 Å². The summed E-state index contributed by atoms with van der Waals surface area (Å²) in [6.07, 6.45) is 0.725. The minimum atomic E-state index is -2.26. The quantitative estimate of drug-likeness (QED) is 0.265. The van der Waals surface area contributed by atoms with E-state index in [0.717, 1.165) is 11.3 Å². The number of nitrogens with one attached hydrogen (secondary N) is 2. The Morgan fingerprint density at radius 1 is 1.17 bits per heavy atom. The third-order valence-electron chi connectivity index (χ3n) is 4.66. The molecule has 1 unspecified atom stereocenters. The molecule has 188 valence electrons. The lowest BCUT2D eigenvalue weighted by Gasteiger charge is -2.14. The second kappa shape index (κ2) is 13.1. The van der Waals surface area contributed by atoms with Crippen LogP contribution in [0.2, 0.25) is 0 Å². The van der Waals surface area contributed by atoms with Crippen LogP contribution in [0.1, 0.15) is 25.0 Å². The number of thiol groups is 1. The van der Waals surface area contributed by atoms with Crippen molar-refractivity contribution in [3.05, 3.63) is 65.9 Å². The van der Waals surface area contributed by atoms with Crippen LogP contribution in [0.5, 0.6) is 5.75 Å². The fourth-order valence-electron chi connectivity index (χ4n) is 2.82. The largest absolute Gasteiger partial charge is 0.497 e. The SMILES string of the molecule is CCOC(=O)/N=[SH](=O)/c1ccc(Nc2ncc(C#Cc3ccc(OC)cc3)c(N[C@H](C)CO)n2)cc1. The zero-order valence-corrected chi connectivity index (χ0v) is 21.0. The first kappa shape index (κ1) is 26.5. The predicted octanol–water partition coefficient (Wildman–Crippen LogP) is 3.60. The molecular formula is C25H27N5O5S. The first-order chi connectivity index (χ1) is 17.4. The number of amides is 1. The maximum Gasteiger partial charge on any atom is 0.441 e. The number of ether oxygens (including phenoxy) is 2. The molecule has 3 N–H and O–H groups in total. The van der Waals surface area contributed by atoms with Crippen LogP contribution in [0, 0.1) is 11.8 Å². The second-order valence-electron chi connectivity index (χ2n) is 7.41. The Balaban J connectivity index is 1.80. The van der Waals surface area contributed by atoms with Crippen molar-refractivity contribution in [3.63, 3.8) is 0 Å². The molecule has 2 atom stereocenters. The van der Waals surface area contributed by atoms with E-state index in [9.17, 15) is 14.1 Å². The number of aliphatic hydroxyl groups is 1. The Morgan fingerprint density at radius 3 is 2.53 bits per heavy atom. The van der Waals surface area contributed by atoms with Gasteiger partial charge in [-0.1, -0.05) is 11.8 Å². The summed E-state index contributed by atoms with van der Waals surface area (Å²) in [4.78, 5) is 20.6. The van der Waals surface area contributed by atoms with Gasteiger partial charge in [-0.05, 0) is 62.4 Å². The lowest BCUT2D eigenvalue weighted by molar-refractivity contribution is 0.164. The lowest BCUT2D eigenvalue weighted by atomic mass is 10.2. The molecule has 3 aromatic rings. The van der Waals surface area contributed by atoms with Gasteiger partial charge in [-0.25, -0.2) is 14.0 Å². The molecule has 0 fully saturated rings. The van der Waals surface area contributed by atoms with Crippen LogP contribution >= 0.6 is 0 Å². The van der Waals surface area contributed by atoms with Crippen molar-refractivity contribution in [2.24, 2.45) is 4.36 Å². The van der Waals surface area contributed by atoms with E-state index in [-0.39, 0.29) is 19.3 Å². The topological polar surface area (TPSA) is 135 Å². The Kier molecular flexibility index (Phi) is 9.62. The fourth-order valence-corrected chi connectivity index (χ4v) is 3.55. The number of carbonyl (C=O) groups is 1. The van der Waals surface area contributed by atoms with E-state index in [4.69, 9.17) is 9.47 Å². The number of benzene rings is 2. The summed E-state index contributed by atoms with van der Waals surface area (Å²) in [5.41, 5.74) is 1.99. The zero-order valence-electron chi connectivity index (χ0n) is 20.1. The number of hydrogen-bond donors (Lipinski definition) is 4. The van der Waals surface area contributed by atoms with Crippen LogP contribution in [0.15, 0.2) is 64.0 Å². The summed E-state index contributed by atoms with van der Waals surface area (Å²) in [7, 11) is -0.658. The minimum Gasteiger partial charge on any atom is -0.497 e. The Hall–Kier alpha value is -4.14. The van der Waals surface area contributed by atoms with Crippen LogP contribution in [0.3, 0.4) is 0 Å². The van der Waals surface area contributed by atoms with Gasteiger partial charge in [0, 0.05) is 22.2 Å². The average molecular weight is 510 g/mol. The maximum atomic E-state index is 12.2. The van der Waals surface area contributed by atoms with Gasteiger partial charge in [-0.3, -0.25) is 0 Å². The molecule has 2 aromatic carbocycles. The third-order valence-corrected chi connectivity index (χ3v) is 5.75. The van der Waals surface area contributed by atoms with E-state index in [2.05, 4.69) is 36.8 Å². The Bertz CT molecular complexity index is 1330. The van der Waals surface area contributed by atoms with Crippen molar-refractivity contribution in [3.8, 4) is 17.6 Å². The van der Waals surface area contributed by atoms with Gasteiger partial charge in [-0.2, -0.15) is 4.98 Å². The molecule has 1 heterocycles. The molecule has 0 spiro atoms. The van der Waals surface area contributed by atoms with Crippen molar-refractivity contribution in [1.82, 2.24) is 9.97 Å². The molecule has 0 aliphatic heterocycles. The summed E-state index contributed by atoms with van der Waals surface area (Å²) in [5, 5.41) is 15.7. The van der Waals surface area contributed by atoms with Crippen LogP contribution < -0.4 is 15.4 Å². The normalized spacial score (nSPS) is 12.1.